The van der Waals surface area contributed by atoms with E-state index in [9.17, 15) is 9.59 Å². The third kappa shape index (κ3) is 3.28. The standard InChI is InChI=1S/C16H16N4O3S/c1-3-20-8-7-12(19-20)14(21)18-16-17-11-6-5-10(9-13(11)24-16)15(22)23-4-2/h5-9H,3-4H2,1-2H3,(H,17,18,21). The Kier molecular flexibility index (Phi) is 4.57. The largest absolute Gasteiger partial charge is 0.462 e. The molecule has 2 heterocycles. The lowest BCUT2D eigenvalue weighted by atomic mass is 10.2. The third-order valence-corrected chi connectivity index (χ3v) is 4.25. The lowest BCUT2D eigenvalue weighted by Crippen LogP contribution is -2.13. The molecule has 0 unspecified atom stereocenters. The zero-order valence-electron chi connectivity index (χ0n) is 13.3. The van der Waals surface area contributed by atoms with Crippen LogP contribution in [0.15, 0.2) is 30.5 Å². The summed E-state index contributed by atoms with van der Waals surface area (Å²) in [5.74, 6) is -0.685. The highest BCUT2D eigenvalue weighted by Gasteiger charge is 2.14. The predicted molar refractivity (Wildman–Crippen MR) is 91.4 cm³/mol. The Balaban J connectivity index is 1.80. The smallest absolute Gasteiger partial charge is 0.338 e. The molecule has 0 spiro atoms. The number of hydrogen-bond acceptors (Lipinski definition) is 6. The third-order valence-electron chi connectivity index (χ3n) is 3.32. The highest BCUT2D eigenvalue weighted by atomic mass is 32.1. The van der Waals surface area contributed by atoms with Crippen molar-refractivity contribution >= 4 is 38.6 Å². The summed E-state index contributed by atoms with van der Waals surface area (Å²) >= 11 is 1.30. The molecule has 3 rings (SSSR count). The van der Waals surface area contributed by atoms with Gasteiger partial charge in [0.1, 0.15) is 0 Å². The molecule has 24 heavy (non-hydrogen) atoms. The molecule has 0 aliphatic rings. The number of ether oxygens (including phenoxy) is 1. The highest BCUT2D eigenvalue weighted by Crippen LogP contribution is 2.27. The van der Waals surface area contributed by atoms with Crippen LogP contribution in [0.4, 0.5) is 5.13 Å². The van der Waals surface area contributed by atoms with Crippen molar-refractivity contribution in [3.63, 3.8) is 0 Å². The molecule has 1 N–H and O–H groups in total. The van der Waals surface area contributed by atoms with Crippen LogP contribution in [0.1, 0.15) is 34.7 Å². The molecular weight excluding hydrogens is 328 g/mol. The SMILES string of the molecule is CCOC(=O)c1ccc2nc(NC(=O)c3ccn(CC)n3)sc2c1. The average molecular weight is 344 g/mol. The number of benzene rings is 1. The van der Waals surface area contributed by atoms with E-state index >= 15 is 0 Å². The molecule has 0 radical (unpaired) electrons. The van der Waals surface area contributed by atoms with Crippen LogP contribution in [0.3, 0.4) is 0 Å². The molecule has 0 aliphatic heterocycles. The Bertz CT molecular complexity index is 900. The maximum atomic E-state index is 12.2. The van der Waals surface area contributed by atoms with Gasteiger partial charge in [0.05, 0.1) is 22.4 Å². The number of carbonyl (C=O) groups excluding carboxylic acids is 2. The van der Waals surface area contributed by atoms with Crippen molar-refractivity contribution in [3.05, 3.63) is 41.7 Å². The van der Waals surface area contributed by atoms with Gasteiger partial charge in [-0.1, -0.05) is 11.3 Å². The Hall–Kier alpha value is -2.74. The van der Waals surface area contributed by atoms with Crippen LogP contribution >= 0.6 is 11.3 Å². The molecule has 0 saturated heterocycles. The minimum absolute atomic E-state index is 0.313. The minimum Gasteiger partial charge on any atom is -0.462 e. The second kappa shape index (κ2) is 6.79. The summed E-state index contributed by atoms with van der Waals surface area (Å²) in [5, 5.41) is 7.35. The number of esters is 1. The van der Waals surface area contributed by atoms with Gasteiger partial charge in [-0.15, -0.1) is 0 Å². The molecule has 7 nitrogen and oxygen atoms in total. The Morgan fingerprint density at radius 3 is 2.83 bits per heavy atom. The van der Waals surface area contributed by atoms with Gasteiger partial charge in [-0.05, 0) is 38.1 Å². The van der Waals surface area contributed by atoms with Gasteiger partial charge >= 0.3 is 5.97 Å². The molecule has 0 saturated carbocycles. The molecule has 1 amide bonds. The molecule has 0 aliphatic carbocycles. The topological polar surface area (TPSA) is 86.1 Å². The zero-order valence-corrected chi connectivity index (χ0v) is 14.1. The predicted octanol–water partition coefficient (Wildman–Crippen LogP) is 2.94. The molecule has 2 aromatic heterocycles. The van der Waals surface area contributed by atoms with Crippen molar-refractivity contribution in [1.82, 2.24) is 14.8 Å². The van der Waals surface area contributed by atoms with Gasteiger partial charge in [0.25, 0.3) is 5.91 Å². The van der Waals surface area contributed by atoms with Gasteiger partial charge < -0.3 is 4.74 Å². The number of hydrogen-bond donors (Lipinski definition) is 1. The summed E-state index contributed by atoms with van der Waals surface area (Å²) in [4.78, 5) is 28.3. The summed E-state index contributed by atoms with van der Waals surface area (Å²) in [6, 6.07) is 6.77. The lowest BCUT2D eigenvalue weighted by molar-refractivity contribution is 0.0526. The van der Waals surface area contributed by atoms with Crippen LogP contribution in [0.5, 0.6) is 0 Å². The number of amides is 1. The number of thiazole rings is 1. The van der Waals surface area contributed by atoms with Crippen LogP contribution in [-0.4, -0.2) is 33.2 Å². The number of rotatable bonds is 5. The van der Waals surface area contributed by atoms with E-state index in [4.69, 9.17) is 4.74 Å². The fourth-order valence-electron chi connectivity index (χ4n) is 2.14. The van der Waals surface area contributed by atoms with E-state index in [-0.39, 0.29) is 11.9 Å². The maximum Gasteiger partial charge on any atom is 0.338 e. The number of anilines is 1. The monoisotopic (exact) mass is 344 g/mol. The second-order valence-corrected chi connectivity index (χ2v) is 5.96. The van der Waals surface area contributed by atoms with Crippen molar-refractivity contribution in [2.24, 2.45) is 0 Å². The fraction of sp³-hybridized carbons (Fsp3) is 0.250. The summed E-state index contributed by atoms with van der Waals surface area (Å²) in [6.07, 6.45) is 1.75. The molecule has 8 heteroatoms. The van der Waals surface area contributed by atoms with E-state index in [1.807, 2.05) is 6.92 Å². The average Bonchev–Trinajstić information content (AvgIpc) is 3.20. The number of carbonyl (C=O) groups is 2. The van der Waals surface area contributed by atoms with E-state index in [1.165, 1.54) is 11.3 Å². The summed E-state index contributed by atoms with van der Waals surface area (Å²) in [6.45, 7) is 4.73. The first-order chi connectivity index (χ1) is 11.6. The van der Waals surface area contributed by atoms with Crippen molar-refractivity contribution in [1.29, 1.82) is 0 Å². The first kappa shape index (κ1) is 16.1. The van der Waals surface area contributed by atoms with Gasteiger partial charge in [0.15, 0.2) is 10.8 Å². The van der Waals surface area contributed by atoms with E-state index in [0.717, 1.165) is 4.70 Å². The first-order valence-corrected chi connectivity index (χ1v) is 8.35. The number of aromatic nitrogens is 3. The number of fused-ring (bicyclic) bond motifs is 1. The molecule has 1 aromatic carbocycles. The van der Waals surface area contributed by atoms with Crippen molar-refractivity contribution in [2.75, 3.05) is 11.9 Å². The molecule has 0 bridgehead atoms. The molecule has 124 valence electrons. The Labute approximate surface area is 142 Å². The molecule has 0 fully saturated rings. The molecule has 3 aromatic rings. The second-order valence-electron chi connectivity index (χ2n) is 4.93. The number of nitrogens with zero attached hydrogens (tertiary/aromatic N) is 3. The number of aryl methyl sites for hydroxylation is 1. The highest BCUT2D eigenvalue weighted by molar-refractivity contribution is 7.22. The Morgan fingerprint density at radius 1 is 1.29 bits per heavy atom. The minimum atomic E-state index is -0.372. The molecular formula is C16H16N4O3S. The van der Waals surface area contributed by atoms with E-state index in [1.54, 1.807) is 42.1 Å². The number of nitrogens with one attached hydrogen (secondary N) is 1. The normalized spacial score (nSPS) is 10.8. The van der Waals surface area contributed by atoms with Gasteiger partial charge in [-0.2, -0.15) is 5.10 Å². The van der Waals surface area contributed by atoms with Crippen molar-refractivity contribution in [3.8, 4) is 0 Å². The van der Waals surface area contributed by atoms with E-state index in [2.05, 4.69) is 15.4 Å². The Morgan fingerprint density at radius 2 is 2.12 bits per heavy atom. The lowest BCUT2D eigenvalue weighted by Gasteiger charge is -2.00. The fourth-order valence-corrected chi connectivity index (χ4v) is 3.04. The zero-order chi connectivity index (χ0) is 17.1. The van der Waals surface area contributed by atoms with Gasteiger partial charge in [-0.25, -0.2) is 9.78 Å². The first-order valence-electron chi connectivity index (χ1n) is 7.53. The summed E-state index contributed by atoms with van der Waals surface area (Å²) in [5.41, 5.74) is 1.51. The van der Waals surface area contributed by atoms with Crippen LogP contribution in [0.2, 0.25) is 0 Å². The van der Waals surface area contributed by atoms with Gasteiger partial charge in [0, 0.05) is 12.7 Å². The van der Waals surface area contributed by atoms with Gasteiger partial charge in [0.2, 0.25) is 0 Å². The van der Waals surface area contributed by atoms with Crippen LogP contribution < -0.4 is 5.32 Å². The van der Waals surface area contributed by atoms with Crippen LogP contribution in [0, 0.1) is 0 Å². The van der Waals surface area contributed by atoms with Crippen LogP contribution in [0.25, 0.3) is 10.2 Å². The van der Waals surface area contributed by atoms with Crippen molar-refractivity contribution in [2.45, 2.75) is 20.4 Å². The quantitative estimate of drug-likeness (QED) is 0.719. The van der Waals surface area contributed by atoms with E-state index in [0.29, 0.717) is 35.1 Å². The maximum absolute atomic E-state index is 12.2. The van der Waals surface area contributed by atoms with Crippen molar-refractivity contribution < 1.29 is 14.3 Å². The van der Waals surface area contributed by atoms with Crippen LogP contribution in [-0.2, 0) is 11.3 Å². The van der Waals surface area contributed by atoms with E-state index < -0.39 is 0 Å². The molecule has 0 atom stereocenters. The summed E-state index contributed by atoms with van der Waals surface area (Å²) < 4.78 is 7.46. The summed E-state index contributed by atoms with van der Waals surface area (Å²) in [7, 11) is 0. The van der Waals surface area contributed by atoms with Gasteiger partial charge in [-0.3, -0.25) is 14.8 Å².